The average molecular weight is 635 g/mol. The SMILES string of the molecule is CC(C)Cn1cc(C2=C(c3nnn[nH]3)C(=O)N[C@@](c3ccc(OCCCCCC(F)(F)F)cc3)(C(F)(F)F)C2)c2ccccc21. The molecule has 0 spiro atoms. The Hall–Kier alpha value is -4.36. The molecule has 1 atom stereocenters. The Morgan fingerprint density at radius 2 is 1.73 bits per heavy atom. The number of ether oxygens (including phenoxy) is 1. The molecule has 4 aromatic rings. The Kier molecular flexibility index (Phi) is 8.95. The molecule has 0 aliphatic carbocycles. The topological polar surface area (TPSA) is 97.7 Å². The highest BCUT2D eigenvalue weighted by Crippen LogP contribution is 2.50. The van der Waals surface area contributed by atoms with Gasteiger partial charge in [-0.3, -0.25) is 4.79 Å². The van der Waals surface area contributed by atoms with Crippen molar-refractivity contribution in [2.45, 2.75) is 70.4 Å². The minimum absolute atomic E-state index is 0.0301. The Balaban J connectivity index is 1.51. The molecule has 3 heterocycles. The summed E-state index contributed by atoms with van der Waals surface area (Å²) in [4.78, 5) is 13.7. The number of carbonyl (C=O) groups excluding carboxylic acids is 1. The molecule has 0 fully saturated rings. The van der Waals surface area contributed by atoms with E-state index >= 15 is 13.2 Å². The van der Waals surface area contributed by atoms with E-state index in [9.17, 15) is 18.0 Å². The Morgan fingerprint density at radius 3 is 2.38 bits per heavy atom. The quantitative estimate of drug-likeness (QED) is 0.134. The second-order valence-corrected chi connectivity index (χ2v) is 11.5. The number of alkyl halides is 6. The molecule has 2 aromatic heterocycles. The predicted molar refractivity (Wildman–Crippen MR) is 155 cm³/mol. The van der Waals surface area contributed by atoms with Gasteiger partial charge in [0.1, 0.15) is 5.75 Å². The summed E-state index contributed by atoms with van der Waals surface area (Å²) in [6, 6.07) is 12.5. The fourth-order valence-electron chi connectivity index (χ4n) is 5.71. The lowest BCUT2D eigenvalue weighted by Crippen LogP contribution is -2.58. The van der Waals surface area contributed by atoms with Crippen LogP contribution >= 0.6 is 0 Å². The van der Waals surface area contributed by atoms with E-state index in [4.69, 9.17) is 4.74 Å². The maximum atomic E-state index is 15.2. The number of aromatic nitrogens is 5. The molecule has 45 heavy (non-hydrogen) atoms. The minimum atomic E-state index is -4.92. The number of hydrogen-bond acceptors (Lipinski definition) is 5. The van der Waals surface area contributed by atoms with Gasteiger partial charge in [-0.05, 0) is 64.9 Å². The first-order chi connectivity index (χ1) is 21.3. The van der Waals surface area contributed by atoms with E-state index in [0.717, 1.165) is 5.52 Å². The number of amides is 1. The van der Waals surface area contributed by atoms with Crippen molar-refractivity contribution in [2.75, 3.05) is 6.61 Å². The number of fused-ring (bicyclic) bond motifs is 1. The van der Waals surface area contributed by atoms with Crippen LogP contribution < -0.4 is 10.1 Å². The number of aromatic amines is 1. The summed E-state index contributed by atoms with van der Waals surface area (Å²) in [7, 11) is 0. The maximum Gasteiger partial charge on any atom is 0.416 e. The van der Waals surface area contributed by atoms with E-state index in [0.29, 0.717) is 30.3 Å². The van der Waals surface area contributed by atoms with Crippen LogP contribution in [0.2, 0.25) is 0 Å². The van der Waals surface area contributed by atoms with Crippen LogP contribution in [0.25, 0.3) is 22.0 Å². The lowest BCUT2D eigenvalue weighted by atomic mass is 9.76. The molecule has 2 aromatic carbocycles. The van der Waals surface area contributed by atoms with Crippen molar-refractivity contribution in [3.05, 3.63) is 71.7 Å². The first-order valence-electron chi connectivity index (χ1n) is 14.5. The number of unbranched alkanes of at least 4 members (excludes halogenated alkanes) is 2. The number of halogens is 6. The smallest absolute Gasteiger partial charge is 0.416 e. The number of nitrogens with zero attached hydrogens (tertiary/aromatic N) is 4. The van der Waals surface area contributed by atoms with Crippen LogP contribution in [0.1, 0.15) is 62.9 Å². The molecule has 2 N–H and O–H groups in total. The molecule has 0 unspecified atom stereocenters. The first-order valence-corrected chi connectivity index (χ1v) is 14.5. The molecule has 1 amide bonds. The lowest BCUT2D eigenvalue weighted by Gasteiger charge is -2.41. The second kappa shape index (κ2) is 12.6. The third-order valence-electron chi connectivity index (χ3n) is 7.76. The molecular weight excluding hydrogens is 602 g/mol. The summed E-state index contributed by atoms with van der Waals surface area (Å²) in [5, 5.41) is 16.4. The van der Waals surface area contributed by atoms with Crippen molar-refractivity contribution < 1.29 is 35.9 Å². The number of nitrogens with one attached hydrogen (secondary N) is 2. The standard InChI is InChI=1S/C31H32F6N6O2/c1-19(2)17-43-18-24(22-8-4-5-9-25(22)43)23-16-29(31(35,36)37,38-28(44)26(23)27-39-41-42-40-27)20-10-12-21(13-11-20)45-15-7-3-6-14-30(32,33)34/h4-5,8-13,18-19H,3,6-7,14-17H2,1-2H3,(H,38,44)(H,39,40,41,42)/t29-/m0/s1. The van der Waals surface area contributed by atoms with E-state index in [1.165, 1.54) is 24.3 Å². The van der Waals surface area contributed by atoms with Crippen LogP contribution in [0.3, 0.4) is 0 Å². The van der Waals surface area contributed by atoms with Gasteiger partial charge in [0.05, 0.1) is 12.2 Å². The predicted octanol–water partition coefficient (Wildman–Crippen LogP) is 7.20. The lowest BCUT2D eigenvalue weighted by molar-refractivity contribution is -0.201. The molecule has 5 rings (SSSR count). The number of benzene rings is 2. The third-order valence-corrected chi connectivity index (χ3v) is 7.76. The molecule has 1 aliphatic heterocycles. The van der Waals surface area contributed by atoms with Crippen molar-refractivity contribution in [3.63, 3.8) is 0 Å². The Bertz CT molecular complexity index is 1660. The van der Waals surface area contributed by atoms with Gasteiger partial charge in [-0.15, -0.1) is 5.10 Å². The number of hydrogen-bond donors (Lipinski definition) is 2. The van der Waals surface area contributed by atoms with Crippen LogP contribution in [-0.2, 0) is 16.9 Å². The molecule has 0 saturated heterocycles. The number of H-pyrrole nitrogens is 1. The highest BCUT2D eigenvalue weighted by Gasteiger charge is 2.60. The van der Waals surface area contributed by atoms with Gasteiger partial charge in [-0.2, -0.15) is 26.3 Å². The zero-order chi connectivity index (χ0) is 32.4. The summed E-state index contributed by atoms with van der Waals surface area (Å²) in [6.45, 7) is 4.78. The molecular formula is C31H32F6N6O2. The summed E-state index contributed by atoms with van der Waals surface area (Å²) in [6.07, 6.45) is -8.26. The molecule has 8 nitrogen and oxygen atoms in total. The Labute approximate surface area is 254 Å². The minimum Gasteiger partial charge on any atom is -0.494 e. The van der Waals surface area contributed by atoms with Crippen LogP contribution in [0.15, 0.2) is 54.7 Å². The summed E-state index contributed by atoms with van der Waals surface area (Å²) >= 11 is 0. The molecule has 14 heteroatoms. The van der Waals surface area contributed by atoms with E-state index < -0.39 is 36.6 Å². The third kappa shape index (κ3) is 6.84. The van der Waals surface area contributed by atoms with Crippen LogP contribution in [0, 0.1) is 5.92 Å². The fraction of sp³-hybridized carbons (Fsp3) is 0.419. The van der Waals surface area contributed by atoms with Gasteiger partial charge in [0.15, 0.2) is 11.4 Å². The van der Waals surface area contributed by atoms with Gasteiger partial charge in [0.2, 0.25) is 0 Å². The number of rotatable bonds is 11. The largest absolute Gasteiger partial charge is 0.494 e. The van der Waals surface area contributed by atoms with E-state index in [-0.39, 0.29) is 47.2 Å². The van der Waals surface area contributed by atoms with Gasteiger partial charge in [-0.1, -0.05) is 44.2 Å². The van der Waals surface area contributed by atoms with Crippen LogP contribution in [0.5, 0.6) is 5.75 Å². The van der Waals surface area contributed by atoms with Crippen LogP contribution in [0.4, 0.5) is 26.3 Å². The number of tetrazole rings is 1. The summed E-state index contributed by atoms with van der Waals surface area (Å²) in [5.41, 5.74) is -1.68. The normalized spacial score (nSPS) is 17.8. The van der Waals surface area contributed by atoms with Crippen molar-refractivity contribution >= 4 is 28.0 Å². The van der Waals surface area contributed by atoms with Crippen molar-refractivity contribution in [1.29, 1.82) is 0 Å². The zero-order valence-electron chi connectivity index (χ0n) is 24.6. The molecule has 240 valence electrons. The van der Waals surface area contributed by atoms with Gasteiger partial charge in [0, 0.05) is 42.0 Å². The molecule has 0 bridgehead atoms. The van der Waals surface area contributed by atoms with Crippen molar-refractivity contribution in [2.24, 2.45) is 5.92 Å². The molecule has 1 aliphatic rings. The monoisotopic (exact) mass is 634 g/mol. The Morgan fingerprint density at radius 1 is 1.00 bits per heavy atom. The molecule has 0 saturated carbocycles. The van der Waals surface area contributed by atoms with E-state index in [1.807, 2.05) is 36.6 Å². The van der Waals surface area contributed by atoms with Crippen molar-refractivity contribution in [1.82, 2.24) is 30.5 Å². The maximum absolute atomic E-state index is 15.2. The van der Waals surface area contributed by atoms with Gasteiger partial charge < -0.3 is 14.6 Å². The fourth-order valence-corrected chi connectivity index (χ4v) is 5.71. The molecule has 0 radical (unpaired) electrons. The summed E-state index contributed by atoms with van der Waals surface area (Å²) < 4.78 is 90.2. The highest BCUT2D eigenvalue weighted by atomic mass is 19.4. The highest BCUT2D eigenvalue weighted by molar-refractivity contribution is 6.28. The number of para-hydroxylation sites is 1. The van der Waals surface area contributed by atoms with Gasteiger partial charge >= 0.3 is 12.4 Å². The summed E-state index contributed by atoms with van der Waals surface area (Å²) in [5.74, 6) is -0.551. The van der Waals surface area contributed by atoms with E-state index in [2.05, 4.69) is 25.9 Å². The van der Waals surface area contributed by atoms with E-state index in [1.54, 1.807) is 12.3 Å². The first kappa shape index (κ1) is 32.0. The second-order valence-electron chi connectivity index (χ2n) is 11.5. The zero-order valence-corrected chi connectivity index (χ0v) is 24.6. The van der Waals surface area contributed by atoms with Gasteiger partial charge in [0.25, 0.3) is 5.91 Å². The number of carbonyl (C=O) groups is 1. The van der Waals surface area contributed by atoms with Crippen LogP contribution in [-0.4, -0.2) is 50.1 Å². The van der Waals surface area contributed by atoms with Crippen molar-refractivity contribution in [3.8, 4) is 5.75 Å². The van der Waals surface area contributed by atoms with Gasteiger partial charge in [-0.25, -0.2) is 5.10 Å². The average Bonchev–Trinajstić information content (AvgIpc) is 3.62.